The molecule has 0 radical (unpaired) electrons. The van der Waals surface area contributed by atoms with E-state index in [1.54, 1.807) is 0 Å². The number of carbonyl (C=O) groups excluding carboxylic acids is 4. The van der Waals surface area contributed by atoms with Crippen LogP contribution in [-0.4, -0.2) is 50.0 Å². The van der Waals surface area contributed by atoms with Gasteiger partial charge in [0.2, 0.25) is 11.8 Å². The normalized spacial score (nSPS) is 25.1. The van der Waals surface area contributed by atoms with Crippen LogP contribution in [0.3, 0.4) is 0 Å². The van der Waals surface area contributed by atoms with Gasteiger partial charge >= 0.3 is 12.5 Å². The van der Waals surface area contributed by atoms with Crippen molar-refractivity contribution in [1.82, 2.24) is 9.99 Å². The SMILES string of the molecule is O=C1C2CC3C(=CCC4C(=O)N(c5ccc([N+](=O)[O-])cc5)C(=O)C43)C(c3cc(OC(F)(F)F)ccc3O)C2(c2ccc(Cl)cc2)C(=O)N1Nc1ncc(C(F)(F)F)cc1Cl. The number of hydrogen-bond donors (Lipinski definition) is 2. The number of alkyl halides is 6. The Morgan fingerprint density at radius 1 is 0.900 bits per heavy atom. The van der Waals surface area contributed by atoms with E-state index in [-0.39, 0.29) is 45.9 Å². The summed E-state index contributed by atoms with van der Waals surface area (Å²) in [5, 5.41) is 22.8. The molecule has 2 N–H and O–H groups in total. The molecule has 0 bridgehead atoms. The molecule has 6 atom stereocenters. The lowest BCUT2D eigenvalue weighted by molar-refractivity contribution is -0.384. The molecular formula is C39H25Cl2F6N5O8. The number of benzene rings is 3. The Bertz CT molecular complexity index is 2540. The predicted octanol–water partition coefficient (Wildman–Crippen LogP) is 8.11. The van der Waals surface area contributed by atoms with E-state index in [1.807, 2.05) is 0 Å². The van der Waals surface area contributed by atoms with Gasteiger partial charge in [-0.15, -0.1) is 13.2 Å². The molecule has 4 aromatic rings. The fraction of sp³-hybridized carbons (Fsp3) is 0.256. The molecule has 310 valence electrons. The number of phenolic OH excluding ortho intramolecular Hbond substituents is 1. The molecule has 60 heavy (non-hydrogen) atoms. The second kappa shape index (κ2) is 14.2. The number of anilines is 2. The minimum atomic E-state index is -5.22. The molecule has 4 amide bonds. The molecule has 4 aliphatic rings. The number of imide groups is 2. The second-order valence-electron chi connectivity index (χ2n) is 14.5. The Labute approximate surface area is 343 Å². The lowest BCUT2D eigenvalue weighted by atomic mass is 9.49. The summed E-state index contributed by atoms with van der Waals surface area (Å²) in [5.74, 6) is -12.1. The molecule has 6 unspecified atom stereocenters. The average Bonchev–Trinajstić information content (AvgIpc) is 3.56. The van der Waals surface area contributed by atoms with Crippen molar-refractivity contribution in [2.45, 2.75) is 36.7 Å². The summed E-state index contributed by atoms with van der Waals surface area (Å²) in [6.07, 6.45) is -8.65. The number of aromatic hydroxyl groups is 1. The Hall–Kier alpha value is -6.21. The van der Waals surface area contributed by atoms with Gasteiger partial charge in [0, 0.05) is 34.8 Å². The number of nitro benzene ring substituents is 1. The minimum Gasteiger partial charge on any atom is -0.508 e. The minimum absolute atomic E-state index is 0.00693. The lowest BCUT2D eigenvalue weighted by Crippen LogP contribution is -2.53. The molecule has 1 aromatic heterocycles. The van der Waals surface area contributed by atoms with Crippen LogP contribution in [0.1, 0.15) is 35.4 Å². The highest BCUT2D eigenvalue weighted by molar-refractivity contribution is 6.33. The molecule has 1 saturated carbocycles. The number of ether oxygens (including phenoxy) is 1. The van der Waals surface area contributed by atoms with Gasteiger partial charge in [0.1, 0.15) is 11.5 Å². The van der Waals surface area contributed by atoms with Crippen molar-refractivity contribution < 1.29 is 60.3 Å². The lowest BCUT2D eigenvalue weighted by Gasteiger charge is -2.50. The van der Waals surface area contributed by atoms with Crippen molar-refractivity contribution in [3.05, 3.63) is 127 Å². The zero-order chi connectivity index (χ0) is 43.2. The van der Waals surface area contributed by atoms with E-state index in [0.29, 0.717) is 17.3 Å². The molecule has 3 aromatic carbocycles. The number of hydrazine groups is 1. The van der Waals surface area contributed by atoms with Crippen LogP contribution in [0.2, 0.25) is 10.0 Å². The first-order valence-electron chi connectivity index (χ1n) is 17.8. The van der Waals surface area contributed by atoms with Gasteiger partial charge < -0.3 is 9.84 Å². The highest BCUT2D eigenvalue weighted by Gasteiger charge is 2.71. The third-order valence-electron chi connectivity index (χ3n) is 11.4. The molecule has 2 saturated heterocycles. The number of pyridine rings is 1. The number of nitro groups is 1. The third kappa shape index (κ3) is 6.46. The number of hydrogen-bond acceptors (Lipinski definition) is 10. The zero-order valence-electron chi connectivity index (χ0n) is 30.0. The number of halogens is 8. The quantitative estimate of drug-likeness (QED) is 0.0608. The van der Waals surface area contributed by atoms with Crippen molar-refractivity contribution >= 4 is 64.0 Å². The first-order valence-corrected chi connectivity index (χ1v) is 18.5. The topological polar surface area (TPSA) is 172 Å². The van der Waals surface area contributed by atoms with Crippen LogP contribution in [-0.2, 0) is 30.8 Å². The Kier molecular flexibility index (Phi) is 9.61. The van der Waals surface area contributed by atoms with Crippen molar-refractivity contribution in [2.75, 3.05) is 10.3 Å². The van der Waals surface area contributed by atoms with Crippen LogP contribution in [0, 0.1) is 33.8 Å². The highest BCUT2D eigenvalue weighted by atomic mass is 35.5. The molecule has 21 heteroatoms. The number of allylic oxidation sites excluding steroid dienone is 2. The van der Waals surface area contributed by atoms with E-state index in [1.165, 1.54) is 42.5 Å². The molecule has 0 spiro atoms. The van der Waals surface area contributed by atoms with E-state index in [0.717, 1.165) is 35.2 Å². The summed E-state index contributed by atoms with van der Waals surface area (Å²) < 4.78 is 85.6. The van der Waals surface area contributed by atoms with Gasteiger partial charge in [-0.3, -0.25) is 39.6 Å². The molecule has 3 fully saturated rings. The molecule has 2 aliphatic carbocycles. The van der Waals surface area contributed by atoms with E-state index in [9.17, 15) is 55.9 Å². The van der Waals surface area contributed by atoms with Gasteiger partial charge in [-0.25, -0.2) is 4.98 Å². The van der Waals surface area contributed by atoms with Crippen LogP contribution in [0.25, 0.3) is 0 Å². The number of aromatic nitrogens is 1. The van der Waals surface area contributed by atoms with Gasteiger partial charge in [0.05, 0.1) is 44.4 Å². The van der Waals surface area contributed by atoms with Crippen LogP contribution in [0.5, 0.6) is 11.5 Å². The summed E-state index contributed by atoms with van der Waals surface area (Å²) in [6.45, 7) is 0. The number of rotatable bonds is 7. The number of carbonyl (C=O) groups is 4. The number of non-ortho nitro benzene ring substituents is 1. The molecule has 8 rings (SSSR count). The summed E-state index contributed by atoms with van der Waals surface area (Å²) in [6, 6.07) is 13.2. The van der Waals surface area contributed by atoms with E-state index >= 15 is 4.79 Å². The number of amides is 4. The van der Waals surface area contributed by atoms with E-state index in [2.05, 4.69) is 15.1 Å². The zero-order valence-corrected chi connectivity index (χ0v) is 31.5. The van der Waals surface area contributed by atoms with Gasteiger partial charge in [0.15, 0.2) is 5.82 Å². The summed E-state index contributed by atoms with van der Waals surface area (Å²) in [5.41, 5.74) is -1.40. The van der Waals surface area contributed by atoms with Crippen LogP contribution >= 0.6 is 23.2 Å². The number of phenols is 1. The van der Waals surface area contributed by atoms with Gasteiger partial charge in [-0.1, -0.05) is 47.0 Å². The van der Waals surface area contributed by atoms with Gasteiger partial charge in [0.25, 0.3) is 17.5 Å². The van der Waals surface area contributed by atoms with E-state index in [4.69, 9.17) is 23.2 Å². The Balaban J connectivity index is 1.32. The fourth-order valence-corrected chi connectivity index (χ4v) is 9.40. The van der Waals surface area contributed by atoms with Crippen molar-refractivity contribution in [2.24, 2.45) is 23.7 Å². The third-order valence-corrected chi connectivity index (χ3v) is 12.0. The number of nitrogens with one attached hydrogen (secondary N) is 1. The predicted molar refractivity (Wildman–Crippen MR) is 197 cm³/mol. The largest absolute Gasteiger partial charge is 0.573 e. The molecule has 13 nitrogen and oxygen atoms in total. The fourth-order valence-electron chi connectivity index (χ4n) is 9.07. The summed E-state index contributed by atoms with van der Waals surface area (Å²) >= 11 is 12.4. The average molecular weight is 877 g/mol. The Morgan fingerprint density at radius 2 is 1.58 bits per heavy atom. The molecular weight excluding hydrogens is 851 g/mol. The van der Waals surface area contributed by atoms with Gasteiger partial charge in [-0.05, 0) is 72.9 Å². The van der Waals surface area contributed by atoms with Crippen molar-refractivity contribution in [3.63, 3.8) is 0 Å². The smallest absolute Gasteiger partial charge is 0.508 e. The summed E-state index contributed by atoms with van der Waals surface area (Å²) in [4.78, 5) is 73.8. The maximum atomic E-state index is 15.3. The summed E-state index contributed by atoms with van der Waals surface area (Å²) in [7, 11) is 0. The van der Waals surface area contributed by atoms with Crippen LogP contribution in [0.4, 0.5) is 43.5 Å². The maximum absolute atomic E-state index is 15.3. The first kappa shape index (κ1) is 40.6. The highest BCUT2D eigenvalue weighted by Crippen LogP contribution is 2.65. The molecule has 3 heterocycles. The van der Waals surface area contributed by atoms with Crippen molar-refractivity contribution in [1.29, 1.82) is 0 Å². The van der Waals surface area contributed by atoms with Crippen molar-refractivity contribution in [3.8, 4) is 11.5 Å². The number of nitrogens with zero attached hydrogens (tertiary/aromatic N) is 4. The second-order valence-corrected chi connectivity index (χ2v) is 15.3. The monoisotopic (exact) mass is 875 g/mol. The number of fused-ring (bicyclic) bond motifs is 4. The van der Waals surface area contributed by atoms with Crippen LogP contribution < -0.4 is 15.1 Å². The van der Waals surface area contributed by atoms with Crippen LogP contribution in [0.15, 0.2) is 90.6 Å². The van der Waals surface area contributed by atoms with E-state index < -0.39 is 104 Å². The molecule has 2 aliphatic heterocycles. The Morgan fingerprint density at radius 3 is 2.20 bits per heavy atom. The van der Waals surface area contributed by atoms with Gasteiger partial charge in [-0.2, -0.15) is 18.2 Å². The first-order chi connectivity index (χ1) is 28.2. The standard InChI is InChI=1S/C39H25Cl2F6N5O8/c40-19-3-1-17(2-4-19)37-27(34(55)51(36(37)57)49-32-28(41)13-18(16-48-32)38(42,43)44)15-25-23(31(37)26-14-22(9-12-29(26)53)60-39(45,46)47)10-11-24-30(25)35(56)50(33(24)54)20-5-7-21(8-6-20)52(58)59/h1-10,12-14,16,24-25,27,30-31,53H,11,15H2,(H,48,49). The maximum Gasteiger partial charge on any atom is 0.573 e.